The molecule has 0 aromatic heterocycles. The molecule has 1 heterocycles. The summed E-state index contributed by atoms with van der Waals surface area (Å²) >= 11 is 0. The molecule has 1 fully saturated rings. The van der Waals surface area contributed by atoms with E-state index in [0.717, 1.165) is 0 Å². The van der Waals surface area contributed by atoms with E-state index in [2.05, 4.69) is 24.1 Å². The Bertz CT molecular complexity index is 188. The van der Waals surface area contributed by atoms with E-state index in [0.29, 0.717) is 6.04 Å². The van der Waals surface area contributed by atoms with Gasteiger partial charge in [0.05, 0.1) is 0 Å². The first-order valence-corrected chi connectivity index (χ1v) is 8.78. The Morgan fingerprint density at radius 3 is 2.21 bits per heavy atom. The van der Waals surface area contributed by atoms with Gasteiger partial charge in [-0.15, -0.1) is 0 Å². The number of unbranched alkanes of at least 4 members (excludes halogenated alkanes) is 6. The van der Waals surface area contributed by atoms with Gasteiger partial charge in [0.15, 0.2) is 0 Å². The van der Waals surface area contributed by atoms with Crippen LogP contribution < -0.4 is 5.32 Å². The summed E-state index contributed by atoms with van der Waals surface area (Å²) in [6.45, 7) is 9.73. The highest BCUT2D eigenvalue weighted by molar-refractivity contribution is 4.71. The van der Waals surface area contributed by atoms with Crippen LogP contribution in [0.5, 0.6) is 0 Å². The Balaban J connectivity index is 1.85. The quantitative estimate of drug-likeness (QED) is 0.565. The van der Waals surface area contributed by atoms with E-state index in [1.54, 1.807) is 0 Å². The summed E-state index contributed by atoms with van der Waals surface area (Å²) in [6, 6.07) is 0.665. The molecule has 0 bridgehead atoms. The van der Waals surface area contributed by atoms with Crippen LogP contribution in [0.3, 0.4) is 0 Å². The van der Waals surface area contributed by atoms with Crippen LogP contribution in [0.2, 0.25) is 0 Å². The summed E-state index contributed by atoms with van der Waals surface area (Å²) < 4.78 is 0. The molecule has 1 aliphatic heterocycles. The molecule has 0 spiro atoms. The normalized spacial score (nSPS) is 18.6. The number of nitrogens with zero attached hydrogens (tertiary/aromatic N) is 1. The van der Waals surface area contributed by atoms with Crippen molar-refractivity contribution in [1.29, 1.82) is 0 Å². The third-order valence-electron chi connectivity index (χ3n) is 4.25. The lowest BCUT2D eigenvalue weighted by Gasteiger charge is -2.29. The Kier molecular flexibility index (Phi) is 10.5. The van der Waals surface area contributed by atoms with Gasteiger partial charge in [0.2, 0.25) is 0 Å². The molecule has 1 saturated heterocycles. The molecule has 1 aliphatic rings. The maximum atomic E-state index is 3.69. The first-order chi connectivity index (χ1) is 9.33. The average Bonchev–Trinajstić information content (AvgIpc) is 2.43. The summed E-state index contributed by atoms with van der Waals surface area (Å²) in [7, 11) is 0. The average molecular weight is 268 g/mol. The van der Waals surface area contributed by atoms with E-state index in [-0.39, 0.29) is 0 Å². The summed E-state index contributed by atoms with van der Waals surface area (Å²) in [5.41, 5.74) is 0. The van der Waals surface area contributed by atoms with Crippen molar-refractivity contribution < 1.29 is 0 Å². The Labute approximate surface area is 121 Å². The number of rotatable bonds is 11. The molecule has 2 heteroatoms. The van der Waals surface area contributed by atoms with Gasteiger partial charge in [0, 0.05) is 12.6 Å². The molecule has 0 aliphatic carbocycles. The van der Waals surface area contributed by atoms with E-state index in [1.807, 2.05) is 0 Å². The van der Waals surface area contributed by atoms with E-state index in [4.69, 9.17) is 0 Å². The van der Waals surface area contributed by atoms with E-state index >= 15 is 0 Å². The van der Waals surface area contributed by atoms with Gasteiger partial charge in [-0.25, -0.2) is 0 Å². The van der Waals surface area contributed by atoms with Crippen molar-refractivity contribution in [3.05, 3.63) is 0 Å². The van der Waals surface area contributed by atoms with Crippen LogP contribution in [0.25, 0.3) is 0 Å². The van der Waals surface area contributed by atoms with Gasteiger partial charge in [-0.1, -0.05) is 51.9 Å². The molecule has 1 atom stereocenters. The summed E-state index contributed by atoms with van der Waals surface area (Å²) in [5.74, 6) is 0. The van der Waals surface area contributed by atoms with Crippen LogP contribution >= 0.6 is 0 Å². The predicted molar refractivity (Wildman–Crippen MR) is 85.7 cm³/mol. The Morgan fingerprint density at radius 1 is 0.895 bits per heavy atom. The van der Waals surface area contributed by atoms with Crippen LogP contribution in [0, 0.1) is 0 Å². The molecular formula is C17H36N2. The van der Waals surface area contributed by atoms with Crippen molar-refractivity contribution in [2.45, 2.75) is 84.1 Å². The fourth-order valence-corrected chi connectivity index (χ4v) is 3.02. The second kappa shape index (κ2) is 11.7. The molecule has 0 radical (unpaired) electrons. The first kappa shape index (κ1) is 17.0. The van der Waals surface area contributed by atoms with Crippen molar-refractivity contribution >= 4 is 0 Å². The maximum absolute atomic E-state index is 3.69. The number of piperidine rings is 1. The van der Waals surface area contributed by atoms with E-state index in [9.17, 15) is 0 Å². The molecule has 0 amide bonds. The van der Waals surface area contributed by atoms with Crippen LogP contribution in [-0.2, 0) is 0 Å². The van der Waals surface area contributed by atoms with Gasteiger partial charge in [-0.2, -0.15) is 0 Å². The lowest BCUT2D eigenvalue weighted by molar-refractivity contribution is 0.209. The SMILES string of the molecule is CCCCCCCCCNC(C)CN1CCCCC1. The monoisotopic (exact) mass is 268 g/mol. The predicted octanol–water partition coefficient (Wildman–Crippen LogP) is 4.20. The molecule has 1 N–H and O–H groups in total. The number of hydrogen-bond acceptors (Lipinski definition) is 2. The van der Waals surface area contributed by atoms with Gasteiger partial charge in [0.25, 0.3) is 0 Å². The molecule has 0 saturated carbocycles. The zero-order chi connectivity index (χ0) is 13.8. The van der Waals surface area contributed by atoms with Crippen molar-refractivity contribution in [2.75, 3.05) is 26.2 Å². The Hall–Kier alpha value is -0.0800. The van der Waals surface area contributed by atoms with Gasteiger partial charge >= 0.3 is 0 Å². The molecule has 114 valence electrons. The zero-order valence-corrected chi connectivity index (χ0v) is 13.4. The van der Waals surface area contributed by atoms with Crippen LogP contribution in [0.15, 0.2) is 0 Å². The molecular weight excluding hydrogens is 232 g/mol. The zero-order valence-electron chi connectivity index (χ0n) is 13.4. The molecule has 0 aromatic carbocycles. The lowest BCUT2D eigenvalue weighted by atomic mass is 10.1. The third kappa shape index (κ3) is 9.45. The summed E-state index contributed by atoms with van der Waals surface area (Å²) in [4.78, 5) is 2.63. The highest BCUT2D eigenvalue weighted by atomic mass is 15.1. The third-order valence-corrected chi connectivity index (χ3v) is 4.25. The fraction of sp³-hybridized carbons (Fsp3) is 1.00. The number of likely N-dealkylation sites (tertiary alicyclic amines) is 1. The molecule has 2 nitrogen and oxygen atoms in total. The fourth-order valence-electron chi connectivity index (χ4n) is 3.02. The second-order valence-corrected chi connectivity index (χ2v) is 6.34. The van der Waals surface area contributed by atoms with Gasteiger partial charge in [0.1, 0.15) is 0 Å². The standard InChI is InChI=1S/C17H36N2/c1-3-4-5-6-7-8-10-13-18-17(2)16-19-14-11-9-12-15-19/h17-18H,3-16H2,1-2H3. The number of hydrogen-bond donors (Lipinski definition) is 1. The van der Waals surface area contributed by atoms with E-state index < -0.39 is 0 Å². The van der Waals surface area contributed by atoms with Crippen LogP contribution in [-0.4, -0.2) is 37.1 Å². The highest BCUT2D eigenvalue weighted by Gasteiger charge is 2.12. The van der Waals surface area contributed by atoms with Gasteiger partial charge in [-0.05, 0) is 45.8 Å². The van der Waals surface area contributed by atoms with E-state index in [1.165, 1.54) is 90.4 Å². The van der Waals surface area contributed by atoms with Gasteiger partial charge < -0.3 is 10.2 Å². The number of nitrogens with one attached hydrogen (secondary N) is 1. The van der Waals surface area contributed by atoms with Crippen molar-refractivity contribution in [3.8, 4) is 0 Å². The minimum atomic E-state index is 0.665. The maximum Gasteiger partial charge on any atom is 0.0166 e. The highest BCUT2D eigenvalue weighted by Crippen LogP contribution is 2.09. The molecule has 19 heavy (non-hydrogen) atoms. The van der Waals surface area contributed by atoms with Crippen molar-refractivity contribution in [2.24, 2.45) is 0 Å². The minimum Gasteiger partial charge on any atom is -0.313 e. The van der Waals surface area contributed by atoms with Gasteiger partial charge in [-0.3, -0.25) is 0 Å². The van der Waals surface area contributed by atoms with Crippen molar-refractivity contribution in [1.82, 2.24) is 10.2 Å². The topological polar surface area (TPSA) is 15.3 Å². The summed E-state index contributed by atoms with van der Waals surface area (Å²) in [5, 5.41) is 3.69. The second-order valence-electron chi connectivity index (χ2n) is 6.34. The minimum absolute atomic E-state index is 0.665. The van der Waals surface area contributed by atoms with Crippen LogP contribution in [0.1, 0.15) is 78.1 Å². The first-order valence-electron chi connectivity index (χ1n) is 8.78. The lowest BCUT2D eigenvalue weighted by Crippen LogP contribution is -2.41. The smallest absolute Gasteiger partial charge is 0.0166 e. The molecule has 1 unspecified atom stereocenters. The molecule has 0 aromatic rings. The Morgan fingerprint density at radius 2 is 1.53 bits per heavy atom. The molecule has 1 rings (SSSR count). The largest absolute Gasteiger partial charge is 0.313 e. The summed E-state index contributed by atoms with van der Waals surface area (Å²) in [6.07, 6.45) is 14.1. The van der Waals surface area contributed by atoms with Crippen molar-refractivity contribution in [3.63, 3.8) is 0 Å². The van der Waals surface area contributed by atoms with Crippen LogP contribution in [0.4, 0.5) is 0 Å².